The van der Waals surface area contributed by atoms with E-state index >= 15 is 0 Å². The van der Waals surface area contributed by atoms with Crippen molar-refractivity contribution in [1.82, 2.24) is 30.0 Å². The average Bonchev–Trinajstić information content (AvgIpc) is 3.20. The molecule has 27 heavy (non-hydrogen) atoms. The molecule has 1 aliphatic heterocycles. The van der Waals surface area contributed by atoms with Crippen LogP contribution in [0.3, 0.4) is 0 Å². The molecule has 144 valence electrons. The van der Waals surface area contributed by atoms with Crippen LogP contribution >= 0.6 is 0 Å². The summed E-state index contributed by atoms with van der Waals surface area (Å²) in [5.41, 5.74) is 0.637. The summed E-state index contributed by atoms with van der Waals surface area (Å²) in [6.45, 7) is 5.91. The van der Waals surface area contributed by atoms with Crippen molar-refractivity contribution in [1.29, 1.82) is 0 Å². The summed E-state index contributed by atoms with van der Waals surface area (Å²) in [7, 11) is 0. The lowest BCUT2D eigenvalue weighted by molar-refractivity contribution is -0.127. The number of piperidine rings is 1. The smallest absolute Gasteiger partial charge is 0.253 e. The van der Waals surface area contributed by atoms with E-state index in [1.54, 1.807) is 24.5 Å². The number of hydrogen-bond acceptors (Lipinski definition) is 5. The van der Waals surface area contributed by atoms with Crippen molar-refractivity contribution in [2.45, 2.75) is 45.7 Å². The highest BCUT2D eigenvalue weighted by atomic mass is 16.2. The van der Waals surface area contributed by atoms with Crippen LogP contribution in [0, 0.1) is 5.92 Å². The summed E-state index contributed by atoms with van der Waals surface area (Å²) in [4.78, 5) is 35.3. The summed E-state index contributed by atoms with van der Waals surface area (Å²) in [5.74, 6) is 0.736. The molecule has 1 fully saturated rings. The molecule has 2 amide bonds. The SMILES string of the molecule is CC[C@@H](NC(=O)C1CCN(C(=O)c2ccncc2)CC1)c1ncnn1CC. The van der Waals surface area contributed by atoms with E-state index in [1.807, 2.05) is 23.4 Å². The number of aryl methyl sites for hydroxylation is 1. The second-order valence-corrected chi connectivity index (χ2v) is 6.71. The molecule has 8 heteroatoms. The quantitative estimate of drug-likeness (QED) is 0.837. The minimum absolute atomic E-state index is 0.00117. The van der Waals surface area contributed by atoms with E-state index in [4.69, 9.17) is 0 Å². The number of carbonyl (C=O) groups is 2. The number of likely N-dealkylation sites (tertiary alicyclic amines) is 1. The minimum Gasteiger partial charge on any atom is -0.346 e. The standard InChI is InChI=1S/C19H26N6O2/c1-3-16(17-21-13-22-25(17)4-2)23-18(26)14-7-11-24(12-8-14)19(27)15-5-9-20-10-6-15/h5-6,9-10,13-14,16H,3-4,7-8,11-12H2,1-2H3,(H,23,26)/t16-/m1/s1. The zero-order chi connectivity index (χ0) is 19.2. The van der Waals surface area contributed by atoms with Gasteiger partial charge in [0.05, 0.1) is 6.04 Å². The van der Waals surface area contributed by atoms with E-state index in [0.29, 0.717) is 31.5 Å². The lowest BCUT2D eigenvalue weighted by Crippen LogP contribution is -2.44. The third kappa shape index (κ3) is 4.32. The zero-order valence-electron chi connectivity index (χ0n) is 15.8. The molecule has 2 aromatic rings. The highest BCUT2D eigenvalue weighted by molar-refractivity contribution is 5.94. The number of nitrogens with zero attached hydrogens (tertiary/aromatic N) is 5. The number of amides is 2. The molecule has 8 nitrogen and oxygen atoms in total. The molecule has 3 rings (SSSR count). The third-order valence-corrected chi connectivity index (χ3v) is 5.06. The van der Waals surface area contributed by atoms with Crippen LogP contribution in [0.1, 0.15) is 55.3 Å². The van der Waals surface area contributed by atoms with Crippen molar-refractivity contribution in [2.75, 3.05) is 13.1 Å². The number of pyridine rings is 1. The van der Waals surface area contributed by atoms with E-state index in [-0.39, 0.29) is 23.8 Å². The molecule has 1 aliphatic rings. The van der Waals surface area contributed by atoms with Gasteiger partial charge in [0, 0.05) is 43.5 Å². The van der Waals surface area contributed by atoms with Crippen molar-refractivity contribution in [2.24, 2.45) is 5.92 Å². The van der Waals surface area contributed by atoms with Crippen LogP contribution in [0.15, 0.2) is 30.9 Å². The Hall–Kier alpha value is -2.77. The van der Waals surface area contributed by atoms with Crippen LogP contribution in [-0.2, 0) is 11.3 Å². The summed E-state index contributed by atoms with van der Waals surface area (Å²) in [6, 6.07) is 3.30. The molecule has 0 aliphatic carbocycles. The first-order valence-electron chi connectivity index (χ1n) is 9.51. The number of hydrogen-bond donors (Lipinski definition) is 1. The van der Waals surface area contributed by atoms with Crippen LogP contribution in [0.25, 0.3) is 0 Å². The van der Waals surface area contributed by atoms with E-state index in [0.717, 1.165) is 18.8 Å². The van der Waals surface area contributed by atoms with E-state index in [9.17, 15) is 9.59 Å². The van der Waals surface area contributed by atoms with Crippen molar-refractivity contribution in [3.63, 3.8) is 0 Å². The molecule has 0 spiro atoms. The fourth-order valence-electron chi connectivity index (χ4n) is 3.45. The van der Waals surface area contributed by atoms with E-state index in [2.05, 4.69) is 20.4 Å². The number of rotatable bonds is 6. The van der Waals surface area contributed by atoms with Crippen LogP contribution in [0.5, 0.6) is 0 Å². The van der Waals surface area contributed by atoms with Crippen molar-refractivity contribution >= 4 is 11.8 Å². The fraction of sp³-hybridized carbons (Fsp3) is 0.526. The predicted molar refractivity (Wildman–Crippen MR) is 99.7 cm³/mol. The van der Waals surface area contributed by atoms with E-state index in [1.165, 1.54) is 6.33 Å². The molecule has 1 N–H and O–H groups in total. The van der Waals surface area contributed by atoms with Gasteiger partial charge in [0.2, 0.25) is 5.91 Å². The molecule has 0 radical (unpaired) electrons. The normalized spacial score (nSPS) is 16.1. The first kappa shape index (κ1) is 19.0. The Labute approximate surface area is 159 Å². The highest BCUT2D eigenvalue weighted by Gasteiger charge is 2.29. The first-order valence-corrected chi connectivity index (χ1v) is 9.51. The lowest BCUT2D eigenvalue weighted by atomic mass is 9.95. The molecule has 2 aromatic heterocycles. The summed E-state index contributed by atoms with van der Waals surface area (Å²) >= 11 is 0. The van der Waals surface area contributed by atoms with Gasteiger partial charge in [0.25, 0.3) is 5.91 Å². The van der Waals surface area contributed by atoms with Gasteiger partial charge in [0.15, 0.2) is 0 Å². The highest BCUT2D eigenvalue weighted by Crippen LogP contribution is 2.21. The van der Waals surface area contributed by atoms with Crippen molar-refractivity contribution in [3.8, 4) is 0 Å². The van der Waals surface area contributed by atoms with Gasteiger partial charge < -0.3 is 10.2 Å². The molecule has 1 saturated heterocycles. The Kier molecular flexibility index (Phi) is 6.16. The fourth-order valence-corrected chi connectivity index (χ4v) is 3.45. The average molecular weight is 370 g/mol. The number of carbonyl (C=O) groups excluding carboxylic acids is 2. The molecule has 0 bridgehead atoms. The monoisotopic (exact) mass is 370 g/mol. The molecule has 0 unspecified atom stereocenters. The van der Waals surface area contributed by atoms with Gasteiger partial charge >= 0.3 is 0 Å². The van der Waals surface area contributed by atoms with Gasteiger partial charge in [-0.25, -0.2) is 9.67 Å². The van der Waals surface area contributed by atoms with Crippen molar-refractivity contribution in [3.05, 3.63) is 42.2 Å². The molecule has 0 aromatic carbocycles. The molecular weight excluding hydrogens is 344 g/mol. The maximum Gasteiger partial charge on any atom is 0.253 e. The van der Waals surface area contributed by atoms with Crippen LogP contribution in [0.2, 0.25) is 0 Å². The Balaban J connectivity index is 1.56. The van der Waals surface area contributed by atoms with Crippen LogP contribution in [-0.4, -0.2) is 49.6 Å². The molecule has 1 atom stereocenters. The predicted octanol–water partition coefficient (Wildman–Crippen LogP) is 1.81. The van der Waals surface area contributed by atoms with E-state index < -0.39 is 0 Å². The minimum atomic E-state index is -0.142. The second kappa shape index (κ2) is 8.75. The molecule has 3 heterocycles. The number of nitrogens with one attached hydrogen (secondary N) is 1. The van der Waals surface area contributed by atoms with Gasteiger partial charge in [-0.1, -0.05) is 6.92 Å². The Morgan fingerprint density at radius 1 is 1.22 bits per heavy atom. The van der Waals surface area contributed by atoms with Crippen LogP contribution < -0.4 is 5.32 Å². The summed E-state index contributed by atoms with van der Waals surface area (Å²) in [5, 5.41) is 7.30. The Bertz CT molecular complexity index is 768. The topological polar surface area (TPSA) is 93.0 Å². The van der Waals surface area contributed by atoms with Gasteiger partial charge in [-0.3, -0.25) is 14.6 Å². The maximum atomic E-state index is 12.7. The summed E-state index contributed by atoms with van der Waals surface area (Å²) in [6.07, 6.45) is 6.85. The summed E-state index contributed by atoms with van der Waals surface area (Å²) < 4.78 is 1.81. The van der Waals surface area contributed by atoms with Crippen LogP contribution in [0.4, 0.5) is 0 Å². The zero-order valence-corrected chi connectivity index (χ0v) is 15.8. The second-order valence-electron chi connectivity index (χ2n) is 6.71. The van der Waals surface area contributed by atoms with Gasteiger partial charge in [-0.15, -0.1) is 0 Å². The van der Waals surface area contributed by atoms with Gasteiger partial charge in [-0.2, -0.15) is 5.10 Å². The first-order chi connectivity index (χ1) is 13.1. The Morgan fingerprint density at radius 2 is 1.93 bits per heavy atom. The third-order valence-electron chi connectivity index (χ3n) is 5.06. The lowest BCUT2D eigenvalue weighted by Gasteiger charge is -2.32. The molecular formula is C19H26N6O2. The number of aromatic nitrogens is 4. The Morgan fingerprint density at radius 3 is 2.56 bits per heavy atom. The van der Waals surface area contributed by atoms with Gasteiger partial charge in [-0.05, 0) is 38.3 Å². The maximum absolute atomic E-state index is 12.7. The van der Waals surface area contributed by atoms with Crippen molar-refractivity contribution < 1.29 is 9.59 Å². The van der Waals surface area contributed by atoms with Gasteiger partial charge in [0.1, 0.15) is 12.2 Å². The molecule has 0 saturated carbocycles. The largest absolute Gasteiger partial charge is 0.346 e.